The quantitative estimate of drug-likeness (QED) is 0.526. The van der Waals surface area contributed by atoms with Crippen molar-refractivity contribution in [2.75, 3.05) is 25.7 Å². The van der Waals surface area contributed by atoms with Crippen molar-refractivity contribution in [1.82, 2.24) is 4.90 Å². The van der Waals surface area contributed by atoms with Crippen LogP contribution in [-0.4, -0.2) is 55.5 Å². The summed E-state index contributed by atoms with van der Waals surface area (Å²) in [4.78, 5) is 43.3. The van der Waals surface area contributed by atoms with Crippen LogP contribution in [0.15, 0.2) is 42.5 Å². The van der Waals surface area contributed by atoms with E-state index in [9.17, 15) is 14.4 Å². The second-order valence-corrected chi connectivity index (χ2v) is 8.79. The summed E-state index contributed by atoms with van der Waals surface area (Å²) in [5.41, 5.74) is 0.876. The first-order valence-electron chi connectivity index (χ1n) is 12.1. The second-order valence-electron chi connectivity index (χ2n) is 8.79. The fourth-order valence-electron chi connectivity index (χ4n) is 5.00. The molecule has 1 heterocycles. The third-order valence-corrected chi connectivity index (χ3v) is 6.70. The van der Waals surface area contributed by atoms with Gasteiger partial charge < -0.3 is 19.1 Å². The molecule has 1 saturated carbocycles. The van der Waals surface area contributed by atoms with Crippen LogP contribution >= 0.6 is 0 Å². The van der Waals surface area contributed by atoms with Gasteiger partial charge in [-0.25, -0.2) is 4.90 Å². The minimum absolute atomic E-state index is 0.0401. The molecule has 8 nitrogen and oxygen atoms in total. The maximum absolute atomic E-state index is 13.8. The lowest BCUT2D eigenvalue weighted by Crippen LogP contribution is -2.51. The SMILES string of the molecule is CCOc1ccc(N2C(=O)CC(N(C(=O)c3ccc(OC)c(OC)c3)C3CCCCC3)C2=O)cc1. The van der Waals surface area contributed by atoms with Crippen molar-refractivity contribution in [1.29, 1.82) is 0 Å². The summed E-state index contributed by atoms with van der Waals surface area (Å²) >= 11 is 0. The number of ether oxygens (including phenoxy) is 3. The first-order chi connectivity index (χ1) is 17.0. The zero-order valence-electron chi connectivity index (χ0n) is 20.5. The molecule has 186 valence electrons. The molecule has 0 spiro atoms. The van der Waals surface area contributed by atoms with Crippen molar-refractivity contribution in [3.63, 3.8) is 0 Å². The second kappa shape index (κ2) is 10.8. The molecule has 1 aliphatic heterocycles. The molecule has 35 heavy (non-hydrogen) atoms. The van der Waals surface area contributed by atoms with Crippen molar-refractivity contribution >= 4 is 23.4 Å². The molecule has 2 fully saturated rings. The highest BCUT2D eigenvalue weighted by molar-refractivity contribution is 6.23. The topological polar surface area (TPSA) is 85.4 Å². The minimum atomic E-state index is -0.849. The van der Waals surface area contributed by atoms with Crippen molar-refractivity contribution in [3.05, 3.63) is 48.0 Å². The van der Waals surface area contributed by atoms with Crippen LogP contribution in [0.5, 0.6) is 17.2 Å². The van der Waals surface area contributed by atoms with Crippen molar-refractivity contribution < 1.29 is 28.6 Å². The van der Waals surface area contributed by atoms with Gasteiger partial charge in [-0.15, -0.1) is 0 Å². The number of hydrogen-bond donors (Lipinski definition) is 0. The monoisotopic (exact) mass is 480 g/mol. The highest BCUT2D eigenvalue weighted by Gasteiger charge is 2.46. The smallest absolute Gasteiger partial charge is 0.257 e. The summed E-state index contributed by atoms with van der Waals surface area (Å²) in [6.07, 6.45) is 4.64. The number of benzene rings is 2. The molecule has 2 aromatic carbocycles. The Kier molecular flexibility index (Phi) is 7.58. The van der Waals surface area contributed by atoms with Crippen LogP contribution in [0.3, 0.4) is 0 Å². The van der Waals surface area contributed by atoms with Gasteiger partial charge >= 0.3 is 0 Å². The summed E-state index contributed by atoms with van der Waals surface area (Å²) < 4.78 is 16.2. The summed E-state index contributed by atoms with van der Waals surface area (Å²) in [6, 6.07) is 10.9. The van der Waals surface area contributed by atoms with Gasteiger partial charge in [0.15, 0.2) is 11.5 Å². The van der Waals surface area contributed by atoms with Crippen molar-refractivity contribution in [2.24, 2.45) is 0 Å². The van der Waals surface area contributed by atoms with E-state index in [0.717, 1.165) is 32.1 Å². The van der Waals surface area contributed by atoms with Crippen molar-refractivity contribution in [2.45, 2.75) is 57.5 Å². The molecule has 2 aromatic rings. The number of hydrogen-bond acceptors (Lipinski definition) is 6. The predicted molar refractivity (Wildman–Crippen MR) is 131 cm³/mol. The van der Waals surface area contributed by atoms with Crippen LogP contribution in [0, 0.1) is 0 Å². The number of imide groups is 1. The van der Waals surface area contributed by atoms with Crippen LogP contribution in [-0.2, 0) is 9.59 Å². The largest absolute Gasteiger partial charge is 0.494 e. The molecule has 8 heteroatoms. The van der Waals surface area contributed by atoms with Crippen LogP contribution < -0.4 is 19.1 Å². The molecular weight excluding hydrogens is 448 g/mol. The Labute approximate surface area is 205 Å². The van der Waals surface area contributed by atoms with Crippen molar-refractivity contribution in [3.8, 4) is 17.2 Å². The zero-order valence-corrected chi connectivity index (χ0v) is 20.5. The molecule has 4 rings (SSSR count). The molecule has 1 aliphatic carbocycles. The normalized spacial score (nSPS) is 18.5. The summed E-state index contributed by atoms with van der Waals surface area (Å²) in [5, 5.41) is 0. The molecule has 0 N–H and O–H groups in total. The van der Waals surface area contributed by atoms with Crippen LogP contribution in [0.2, 0.25) is 0 Å². The fourth-order valence-corrected chi connectivity index (χ4v) is 5.00. The lowest BCUT2D eigenvalue weighted by Gasteiger charge is -2.37. The molecule has 1 saturated heterocycles. The number of carbonyl (C=O) groups is 3. The third kappa shape index (κ3) is 4.97. The van der Waals surface area contributed by atoms with E-state index in [4.69, 9.17) is 14.2 Å². The van der Waals surface area contributed by atoms with E-state index < -0.39 is 6.04 Å². The van der Waals surface area contributed by atoms with Gasteiger partial charge in [-0.3, -0.25) is 14.4 Å². The van der Waals surface area contributed by atoms with E-state index in [-0.39, 0.29) is 30.2 Å². The lowest BCUT2D eigenvalue weighted by atomic mass is 9.92. The van der Waals surface area contributed by atoms with E-state index in [1.165, 1.54) is 19.1 Å². The number of rotatable bonds is 8. The van der Waals surface area contributed by atoms with Gasteiger partial charge in [0.1, 0.15) is 11.8 Å². The number of methoxy groups -OCH3 is 2. The molecule has 0 radical (unpaired) electrons. The summed E-state index contributed by atoms with van der Waals surface area (Å²) in [6.45, 7) is 2.42. The number of nitrogens with zero attached hydrogens (tertiary/aromatic N) is 2. The van der Waals surface area contributed by atoms with Gasteiger partial charge in [0, 0.05) is 11.6 Å². The molecule has 3 amide bonds. The van der Waals surface area contributed by atoms with Crippen LogP contribution in [0.25, 0.3) is 0 Å². The maximum atomic E-state index is 13.8. The lowest BCUT2D eigenvalue weighted by molar-refractivity contribution is -0.123. The van der Waals surface area contributed by atoms with Gasteiger partial charge in [0.05, 0.1) is 32.9 Å². The fraction of sp³-hybridized carbons (Fsp3) is 0.444. The average molecular weight is 481 g/mol. The Morgan fingerprint density at radius 1 is 0.971 bits per heavy atom. The highest BCUT2D eigenvalue weighted by atomic mass is 16.5. The summed E-state index contributed by atoms with van der Waals surface area (Å²) in [5.74, 6) is 0.648. The Morgan fingerprint density at radius 3 is 2.29 bits per heavy atom. The highest BCUT2D eigenvalue weighted by Crippen LogP contribution is 2.34. The maximum Gasteiger partial charge on any atom is 0.257 e. The van der Waals surface area contributed by atoms with E-state index in [1.807, 2.05) is 6.92 Å². The predicted octanol–water partition coefficient (Wildman–Crippen LogP) is 4.21. The van der Waals surface area contributed by atoms with Crippen LogP contribution in [0.4, 0.5) is 5.69 Å². The molecule has 2 aliphatic rings. The van der Waals surface area contributed by atoms with Gasteiger partial charge in [-0.2, -0.15) is 0 Å². The van der Waals surface area contributed by atoms with Gasteiger partial charge in [-0.05, 0) is 62.2 Å². The Balaban J connectivity index is 1.66. The Hall–Kier alpha value is -3.55. The molecular formula is C27H32N2O6. The summed E-state index contributed by atoms with van der Waals surface area (Å²) in [7, 11) is 3.05. The van der Waals surface area contributed by atoms with E-state index in [1.54, 1.807) is 47.4 Å². The first-order valence-corrected chi connectivity index (χ1v) is 12.1. The Morgan fingerprint density at radius 2 is 1.66 bits per heavy atom. The standard InChI is InChI=1S/C27H32N2O6/c1-4-35-21-13-11-20(12-14-21)29-25(30)17-22(27(29)32)28(19-8-6-5-7-9-19)26(31)18-10-15-23(33-2)24(16-18)34-3/h10-16,19,22H,4-9,17H2,1-3H3. The van der Waals surface area contributed by atoms with Crippen LogP contribution in [0.1, 0.15) is 55.8 Å². The number of anilines is 1. The first kappa shape index (κ1) is 24.6. The number of amides is 3. The van der Waals surface area contributed by atoms with E-state index in [0.29, 0.717) is 35.1 Å². The van der Waals surface area contributed by atoms with Gasteiger partial charge in [0.2, 0.25) is 5.91 Å². The molecule has 1 atom stereocenters. The molecule has 0 aromatic heterocycles. The zero-order chi connectivity index (χ0) is 24.9. The molecule has 1 unspecified atom stereocenters. The minimum Gasteiger partial charge on any atom is -0.494 e. The Bertz CT molecular complexity index is 1080. The number of carbonyl (C=O) groups excluding carboxylic acids is 3. The van der Waals surface area contributed by atoms with E-state index >= 15 is 0 Å². The van der Waals surface area contributed by atoms with Gasteiger partial charge in [0.25, 0.3) is 11.8 Å². The van der Waals surface area contributed by atoms with Gasteiger partial charge in [-0.1, -0.05) is 19.3 Å². The average Bonchev–Trinajstić information content (AvgIpc) is 3.18. The molecule has 0 bridgehead atoms. The third-order valence-electron chi connectivity index (χ3n) is 6.70. The van der Waals surface area contributed by atoms with E-state index in [2.05, 4.69) is 0 Å².